The van der Waals surface area contributed by atoms with Gasteiger partial charge in [-0.3, -0.25) is 4.90 Å². The molecule has 3 nitrogen and oxygen atoms in total. The summed E-state index contributed by atoms with van der Waals surface area (Å²) < 4.78 is 26.7. The third-order valence-corrected chi connectivity index (χ3v) is 4.91. The molecule has 1 saturated heterocycles. The highest BCUT2D eigenvalue weighted by molar-refractivity contribution is 7.80. The second-order valence-electron chi connectivity index (χ2n) is 5.91. The predicted octanol–water partition coefficient (Wildman–Crippen LogP) is 4.13. The maximum atomic E-state index is 13.7. The highest BCUT2D eigenvalue weighted by atomic mass is 35.5. The maximum Gasteiger partial charge on any atom is 0.173 e. The van der Waals surface area contributed by atoms with E-state index in [-0.39, 0.29) is 5.69 Å². The van der Waals surface area contributed by atoms with Gasteiger partial charge in [-0.1, -0.05) is 29.8 Å². The van der Waals surface area contributed by atoms with Crippen molar-refractivity contribution in [3.8, 4) is 0 Å². The van der Waals surface area contributed by atoms with Crippen LogP contribution >= 0.6 is 23.8 Å². The van der Waals surface area contributed by atoms with E-state index >= 15 is 0 Å². The van der Waals surface area contributed by atoms with Crippen LogP contribution in [-0.2, 0) is 6.54 Å². The van der Waals surface area contributed by atoms with E-state index < -0.39 is 11.6 Å². The summed E-state index contributed by atoms with van der Waals surface area (Å²) in [7, 11) is 0. The van der Waals surface area contributed by atoms with Crippen molar-refractivity contribution in [2.24, 2.45) is 0 Å². The molecule has 1 fully saturated rings. The lowest BCUT2D eigenvalue weighted by Gasteiger charge is -2.36. The van der Waals surface area contributed by atoms with Crippen LogP contribution < -0.4 is 5.32 Å². The van der Waals surface area contributed by atoms with E-state index in [1.807, 2.05) is 29.2 Å². The number of hydrogen-bond donors (Lipinski definition) is 1. The minimum atomic E-state index is -0.653. The standard InChI is InChI=1S/C18H18ClF2N3S/c19-15-4-2-1-3-13(15)12-23-7-9-24(10-8-23)18(25)22-17-6-5-14(20)11-16(17)21/h1-6,11H,7-10,12H2,(H,22,25). The minimum absolute atomic E-state index is 0.185. The Morgan fingerprint density at radius 2 is 1.80 bits per heavy atom. The van der Waals surface area contributed by atoms with Crippen molar-refractivity contribution in [1.29, 1.82) is 0 Å². The molecule has 0 bridgehead atoms. The summed E-state index contributed by atoms with van der Waals surface area (Å²) in [6.07, 6.45) is 0. The highest BCUT2D eigenvalue weighted by Crippen LogP contribution is 2.19. The first kappa shape index (κ1) is 18.0. The first-order valence-electron chi connectivity index (χ1n) is 7.99. The van der Waals surface area contributed by atoms with Crippen LogP contribution in [0.4, 0.5) is 14.5 Å². The molecule has 25 heavy (non-hydrogen) atoms. The quantitative estimate of drug-likeness (QED) is 0.805. The van der Waals surface area contributed by atoms with Crippen LogP contribution in [-0.4, -0.2) is 41.1 Å². The fourth-order valence-electron chi connectivity index (χ4n) is 2.76. The molecule has 0 amide bonds. The molecule has 0 atom stereocenters. The molecule has 2 aromatic rings. The second-order valence-corrected chi connectivity index (χ2v) is 6.70. The monoisotopic (exact) mass is 381 g/mol. The van der Waals surface area contributed by atoms with Crippen molar-refractivity contribution < 1.29 is 8.78 Å². The van der Waals surface area contributed by atoms with Crippen molar-refractivity contribution in [3.63, 3.8) is 0 Å². The Morgan fingerprint density at radius 1 is 1.08 bits per heavy atom. The molecule has 2 aromatic carbocycles. The molecule has 1 aliphatic rings. The zero-order chi connectivity index (χ0) is 17.8. The predicted molar refractivity (Wildman–Crippen MR) is 101 cm³/mol. The molecule has 0 saturated carbocycles. The molecule has 0 aliphatic carbocycles. The van der Waals surface area contributed by atoms with Crippen molar-refractivity contribution in [2.45, 2.75) is 6.54 Å². The van der Waals surface area contributed by atoms with E-state index in [0.29, 0.717) is 5.11 Å². The van der Waals surface area contributed by atoms with Gasteiger partial charge >= 0.3 is 0 Å². The van der Waals surface area contributed by atoms with E-state index in [9.17, 15) is 8.78 Å². The Bertz CT molecular complexity index is 764. The summed E-state index contributed by atoms with van der Waals surface area (Å²) in [5.41, 5.74) is 1.29. The fourth-order valence-corrected chi connectivity index (χ4v) is 3.25. The Hall–Kier alpha value is -1.76. The van der Waals surface area contributed by atoms with Crippen LogP contribution in [0, 0.1) is 11.6 Å². The summed E-state index contributed by atoms with van der Waals surface area (Å²) in [5.74, 6) is -1.26. The van der Waals surface area contributed by atoms with Gasteiger partial charge in [-0.05, 0) is 36.0 Å². The second kappa shape index (κ2) is 8.08. The van der Waals surface area contributed by atoms with Crippen LogP contribution in [0.5, 0.6) is 0 Å². The SMILES string of the molecule is Fc1ccc(NC(=S)N2CCN(Cc3ccccc3Cl)CC2)c(F)c1. The molecular formula is C18H18ClF2N3S. The number of thiocarbonyl (C=S) groups is 1. The van der Waals surface area contributed by atoms with E-state index in [2.05, 4.69) is 10.2 Å². The highest BCUT2D eigenvalue weighted by Gasteiger charge is 2.20. The first-order valence-corrected chi connectivity index (χ1v) is 8.78. The molecule has 3 rings (SSSR count). The van der Waals surface area contributed by atoms with Crippen LogP contribution in [0.1, 0.15) is 5.56 Å². The summed E-state index contributed by atoms with van der Waals surface area (Å²) in [6, 6.07) is 11.2. The number of nitrogens with zero attached hydrogens (tertiary/aromatic N) is 2. The van der Waals surface area contributed by atoms with Crippen molar-refractivity contribution in [3.05, 3.63) is 64.7 Å². The largest absolute Gasteiger partial charge is 0.346 e. The van der Waals surface area contributed by atoms with Gasteiger partial charge in [0.1, 0.15) is 11.6 Å². The number of halogens is 3. The Kier molecular flexibility index (Phi) is 5.83. The molecule has 7 heteroatoms. The molecule has 1 aliphatic heterocycles. The third-order valence-electron chi connectivity index (χ3n) is 4.18. The zero-order valence-corrected chi connectivity index (χ0v) is 15.1. The van der Waals surface area contributed by atoms with Crippen molar-refractivity contribution in [2.75, 3.05) is 31.5 Å². The molecule has 1 N–H and O–H groups in total. The Balaban J connectivity index is 1.53. The number of hydrogen-bond acceptors (Lipinski definition) is 2. The van der Waals surface area contributed by atoms with Gasteiger partial charge in [-0.25, -0.2) is 8.78 Å². The number of piperazine rings is 1. The number of nitrogens with one attached hydrogen (secondary N) is 1. The fraction of sp³-hybridized carbons (Fsp3) is 0.278. The molecule has 0 radical (unpaired) electrons. The first-order chi connectivity index (χ1) is 12.0. The lowest BCUT2D eigenvalue weighted by atomic mass is 10.2. The van der Waals surface area contributed by atoms with Gasteiger partial charge in [-0.2, -0.15) is 0 Å². The minimum Gasteiger partial charge on any atom is -0.346 e. The van der Waals surface area contributed by atoms with Gasteiger partial charge in [0.05, 0.1) is 5.69 Å². The lowest BCUT2D eigenvalue weighted by molar-refractivity contribution is 0.177. The number of anilines is 1. The maximum absolute atomic E-state index is 13.7. The van der Waals surface area contributed by atoms with Crippen molar-refractivity contribution >= 4 is 34.6 Å². The summed E-state index contributed by atoms with van der Waals surface area (Å²) >= 11 is 11.6. The Morgan fingerprint density at radius 3 is 2.48 bits per heavy atom. The molecular weight excluding hydrogens is 364 g/mol. The van der Waals surface area contributed by atoms with Crippen LogP contribution in [0.25, 0.3) is 0 Å². The average Bonchev–Trinajstić information content (AvgIpc) is 2.60. The van der Waals surface area contributed by atoms with Crippen LogP contribution in [0.2, 0.25) is 5.02 Å². The molecule has 1 heterocycles. The van der Waals surface area contributed by atoms with E-state index in [4.69, 9.17) is 23.8 Å². The van der Waals surface area contributed by atoms with Gasteiger partial charge in [0, 0.05) is 43.8 Å². The summed E-state index contributed by atoms with van der Waals surface area (Å²) in [4.78, 5) is 4.29. The topological polar surface area (TPSA) is 18.5 Å². The van der Waals surface area contributed by atoms with E-state index in [1.54, 1.807) is 0 Å². The number of benzene rings is 2. The molecule has 0 spiro atoms. The Labute approximate surface area is 156 Å². The normalized spacial score (nSPS) is 15.2. The van der Waals surface area contributed by atoms with E-state index in [0.717, 1.165) is 49.4 Å². The number of rotatable bonds is 3. The van der Waals surface area contributed by atoms with Crippen LogP contribution in [0.3, 0.4) is 0 Å². The third kappa shape index (κ3) is 4.66. The van der Waals surface area contributed by atoms with Gasteiger partial charge in [0.2, 0.25) is 0 Å². The van der Waals surface area contributed by atoms with Gasteiger partial charge in [0.25, 0.3) is 0 Å². The smallest absolute Gasteiger partial charge is 0.173 e. The van der Waals surface area contributed by atoms with Crippen molar-refractivity contribution in [1.82, 2.24) is 9.80 Å². The van der Waals surface area contributed by atoms with Gasteiger partial charge in [-0.15, -0.1) is 0 Å². The van der Waals surface area contributed by atoms with Gasteiger partial charge < -0.3 is 10.2 Å². The average molecular weight is 382 g/mol. The lowest BCUT2D eigenvalue weighted by Crippen LogP contribution is -2.49. The van der Waals surface area contributed by atoms with Crippen LogP contribution in [0.15, 0.2) is 42.5 Å². The van der Waals surface area contributed by atoms with E-state index in [1.165, 1.54) is 12.1 Å². The van der Waals surface area contributed by atoms with Gasteiger partial charge in [0.15, 0.2) is 5.11 Å². The molecule has 0 unspecified atom stereocenters. The summed E-state index contributed by atoms with van der Waals surface area (Å²) in [5, 5.41) is 4.08. The molecule has 132 valence electrons. The summed E-state index contributed by atoms with van der Waals surface area (Å²) in [6.45, 7) is 3.93. The molecule has 0 aromatic heterocycles. The zero-order valence-electron chi connectivity index (χ0n) is 13.5.